The number of fused-ring (bicyclic) bond motifs is 1. The molecule has 1 aromatic carbocycles. The number of nitrogens with one attached hydrogen (secondary N) is 1. The van der Waals surface area contributed by atoms with E-state index in [9.17, 15) is 0 Å². The molecule has 0 amide bonds. The van der Waals surface area contributed by atoms with Gasteiger partial charge in [0.05, 0.1) is 5.52 Å². The molecular weight excluding hydrogens is 246 g/mol. The van der Waals surface area contributed by atoms with Gasteiger partial charge in [-0.3, -0.25) is 16.3 Å². The molecule has 0 bridgehead atoms. The van der Waals surface area contributed by atoms with Gasteiger partial charge in [-0.1, -0.05) is 38.0 Å². The van der Waals surface area contributed by atoms with Gasteiger partial charge in [-0.25, -0.2) is 0 Å². The second-order valence-corrected chi connectivity index (χ2v) is 6.13. The van der Waals surface area contributed by atoms with Crippen molar-refractivity contribution in [3.05, 3.63) is 42.1 Å². The fourth-order valence-corrected chi connectivity index (χ4v) is 3.57. The molecule has 3 rings (SSSR count). The summed E-state index contributed by atoms with van der Waals surface area (Å²) in [5.41, 5.74) is 5.36. The number of hydrazine groups is 1. The van der Waals surface area contributed by atoms with Crippen LogP contribution in [0.15, 0.2) is 36.5 Å². The van der Waals surface area contributed by atoms with Crippen molar-refractivity contribution in [2.24, 2.45) is 17.7 Å². The highest BCUT2D eigenvalue weighted by atomic mass is 15.2. The lowest BCUT2D eigenvalue weighted by atomic mass is 9.77. The van der Waals surface area contributed by atoms with Crippen molar-refractivity contribution in [1.29, 1.82) is 0 Å². The standard InChI is InChI=1S/C17H23N3/c1-12-4-2-5-14(10-12)17(20-18)15-8-7-13-6-3-9-19-16(13)11-15/h3,6-9,11-12,14,17,20H,2,4-5,10,18H2,1H3. The molecule has 20 heavy (non-hydrogen) atoms. The molecule has 0 aliphatic heterocycles. The van der Waals surface area contributed by atoms with Crippen molar-refractivity contribution < 1.29 is 0 Å². The van der Waals surface area contributed by atoms with E-state index in [4.69, 9.17) is 5.84 Å². The Kier molecular flexibility index (Phi) is 3.99. The molecule has 3 nitrogen and oxygen atoms in total. The van der Waals surface area contributed by atoms with Crippen LogP contribution in [-0.4, -0.2) is 4.98 Å². The maximum Gasteiger partial charge on any atom is 0.0705 e. The zero-order valence-corrected chi connectivity index (χ0v) is 12.0. The van der Waals surface area contributed by atoms with E-state index in [1.165, 1.54) is 36.6 Å². The summed E-state index contributed by atoms with van der Waals surface area (Å²) in [7, 11) is 0. The van der Waals surface area contributed by atoms with Gasteiger partial charge in [-0.05, 0) is 42.4 Å². The van der Waals surface area contributed by atoms with Gasteiger partial charge < -0.3 is 0 Å². The molecule has 3 heteroatoms. The molecule has 1 heterocycles. The van der Waals surface area contributed by atoms with Crippen molar-refractivity contribution in [2.45, 2.75) is 38.6 Å². The molecule has 1 aliphatic carbocycles. The Balaban J connectivity index is 1.90. The Morgan fingerprint density at radius 3 is 3.00 bits per heavy atom. The molecule has 3 atom stereocenters. The van der Waals surface area contributed by atoms with E-state index in [0.717, 1.165) is 11.4 Å². The summed E-state index contributed by atoms with van der Waals surface area (Å²) in [6.07, 6.45) is 7.04. The Morgan fingerprint density at radius 1 is 1.30 bits per heavy atom. The Morgan fingerprint density at radius 2 is 2.20 bits per heavy atom. The van der Waals surface area contributed by atoms with Crippen molar-refractivity contribution in [3.63, 3.8) is 0 Å². The second kappa shape index (κ2) is 5.90. The average Bonchev–Trinajstić information content (AvgIpc) is 2.48. The van der Waals surface area contributed by atoms with Crippen molar-refractivity contribution in [3.8, 4) is 0 Å². The van der Waals surface area contributed by atoms with Crippen LogP contribution < -0.4 is 11.3 Å². The van der Waals surface area contributed by atoms with Crippen molar-refractivity contribution >= 4 is 10.9 Å². The van der Waals surface area contributed by atoms with Crippen molar-refractivity contribution in [2.75, 3.05) is 0 Å². The zero-order valence-electron chi connectivity index (χ0n) is 12.0. The fraction of sp³-hybridized carbons (Fsp3) is 0.471. The highest BCUT2D eigenvalue weighted by molar-refractivity contribution is 5.79. The number of rotatable bonds is 3. The maximum atomic E-state index is 5.85. The highest BCUT2D eigenvalue weighted by Gasteiger charge is 2.27. The number of benzene rings is 1. The van der Waals surface area contributed by atoms with E-state index in [0.29, 0.717) is 5.92 Å². The minimum atomic E-state index is 0.240. The van der Waals surface area contributed by atoms with Gasteiger partial charge in [0.1, 0.15) is 0 Å². The summed E-state index contributed by atoms with van der Waals surface area (Å²) in [5, 5.41) is 1.18. The van der Waals surface area contributed by atoms with E-state index >= 15 is 0 Å². The summed E-state index contributed by atoms with van der Waals surface area (Å²) in [6.45, 7) is 2.35. The molecule has 106 valence electrons. The predicted molar refractivity (Wildman–Crippen MR) is 82.9 cm³/mol. The van der Waals surface area contributed by atoms with E-state index < -0.39 is 0 Å². The summed E-state index contributed by atoms with van der Waals surface area (Å²) < 4.78 is 0. The van der Waals surface area contributed by atoms with Crippen LogP contribution in [0, 0.1) is 11.8 Å². The molecule has 3 unspecified atom stereocenters. The number of pyridine rings is 1. The fourth-order valence-electron chi connectivity index (χ4n) is 3.57. The molecule has 1 aromatic heterocycles. The lowest BCUT2D eigenvalue weighted by Crippen LogP contribution is -2.35. The van der Waals surface area contributed by atoms with Crippen LogP contribution in [0.5, 0.6) is 0 Å². The van der Waals surface area contributed by atoms with Gasteiger partial charge in [0, 0.05) is 17.6 Å². The summed E-state index contributed by atoms with van der Waals surface area (Å²) >= 11 is 0. The summed E-state index contributed by atoms with van der Waals surface area (Å²) in [6, 6.07) is 10.8. The summed E-state index contributed by atoms with van der Waals surface area (Å²) in [4.78, 5) is 4.45. The SMILES string of the molecule is CC1CCCC(C(NN)c2ccc3cccnc3c2)C1. The second-order valence-electron chi connectivity index (χ2n) is 6.13. The lowest BCUT2D eigenvalue weighted by molar-refractivity contribution is 0.224. The maximum absolute atomic E-state index is 5.85. The number of hydrogen-bond donors (Lipinski definition) is 2. The van der Waals surface area contributed by atoms with Crippen LogP contribution in [0.1, 0.15) is 44.2 Å². The van der Waals surface area contributed by atoms with Gasteiger partial charge in [0.25, 0.3) is 0 Å². The molecule has 0 saturated heterocycles. The third kappa shape index (κ3) is 2.69. The number of nitrogens with zero attached hydrogens (tertiary/aromatic N) is 1. The monoisotopic (exact) mass is 269 g/mol. The third-order valence-electron chi connectivity index (χ3n) is 4.62. The highest BCUT2D eigenvalue weighted by Crippen LogP contribution is 2.37. The summed E-state index contributed by atoms with van der Waals surface area (Å²) in [5.74, 6) is 7.29. The molecule has 0 spiro atoms. The third-order valence-corrected chi connectivity index (χ3v) is 4.62. The van der Waals surface area contributed by atoms with Gasteiger partial charge in [0.2, 0.25) is 0 Å². The van der Waals surface area contributed by atoms with Gasteiger partial charge in [0.15, 0.2) is 0 Å². The average molecular weight is 269 g/mol. The lowest BCUT2D eigenvalue weighted by Gasteiger charge is -2.33. The normalized spacial score (nSPS) is 24.7. The van der Waals surface area contributed by atoms with Crippen LogP contribution >= 0.6 is 0 Å². The first kappa shape index (κ1) is 13.5. The minimum absolute atomic E-state index is 0.240. The molecule has 1 fully saturated rings. The van der Waals surface area contributed by atoms with E-state index in [1.807, 2.05) is 12.3 Å². The first-order valence-corrected chi connectivity index (χ1v) is 7.58. The number of aromatic nitrogens is 1. The molecule has 0 radical (unpaired) electrons. The Hall–Kier alpha value is -1.45. The van der Waals surface area contributed by atoms with Gasteiger partial charge >= 0.3 is 0 Å². The molecule has 3 N–H and O–H groups in total. The van der Waals surface area contributed by atoms with Crippen LogP contribution in [-0.2, 0) is 0 Å². The van der Waals surface area contributed by atoms with Gasteiger partial charge in [-0.2, -0.15) is 0 Å². The largest absolute Gasteiger partial charge is 0.271 e. The molecule has 2 aromatic rings. The van der Waals surface area contributed by atoms with Crippen LogP contribution in [0.25, 0.3) is 10.9 Å². The topological polar surface area (TPSA) is 50.9 Å². The van der Waals surface area contributed by atoms with Crippen molar-refractivity contribution in [1.82, 2.24) is 10.4 Å². The van der Waals surface area contributed by atoms with Crippen LogP contribution in [0.3, 0.4) is 0 Å². The van der Waals surface area contributed by atoms with E-state index in [2.05, 4.69) is 41.6 Å². The quantitative estimate of drug-likeness (QED) is 0.661. The van der Waals surface area contributed by atoms with Crippen LogP contribution in [0.2, 0.25) is 0 Å². The Bertz CT molecular complexity index is 581. The molecule has 1 aliphatic rings. The smallest absolute Gasteiger partial charge is 0.0705 e. The van der Waals surface area contributed by atoms with E-state index in [1.54, 1.807) is 0 Å². The van der Waals surface area contributed by atoms with E-state index in [-0.39, 0.29) is 6.04 Å². The zero-order chi connectivity index (χ0) is 13.9. The Labute approximate surface area is 120 Å². The number of hydrogen-bond acceptors (Lipinski definition) is 3. The molecule has 1 saturated carbocycles. The first-order chi connectivity index (χ1) is 9.78. The minimum Gasteiger partial charge on any atom is -0.271 e. The van der Waals surface area contributed by atoms with Gasteiger partial charge in [-0.15, -0.1) is 0 Å². The van der Waals surface area contributed by atoms with Crippen LogP contribution in [0.4, 0.5) is 0 Å². The first-order valence-electron chi connectivity index (χ1n) is 7.58. The predicted octanol–water partition coefficient (Wildman–Crippen LogP) is 3.57. The molecular formula is C17H23N3. The number of nitrogens with two attached hydrogens (primary N) is 1.